The zero-order valence-corrected chi connectivity index (χ0v) is 76.0. The van der Waals surface area contributed by atoms with Crippen molar-refractivity contribution in [1.29, 1.82) is 0 Å². The number of ether oxygens (including phenoxy) is 16. The second-order valence-corrected chi connectivity index (χ2v) is 37.2. The van der Waals surface area contributed by atoms with Crippen molar-refractivity contribution in [2.24, 2.45) is 118 Å². The van der Waals surface area contributed by atoms with Gasteiger partial charge in [-0.15, -0.1) is 0 Å². The molecule has 29 atom stereocenters. The Bertz CT molecular complexity index is 3760. The number of hydrogen-bond acceptors (Lipinski definition) is 32. The van der Waals surface area contributed by atoms with Gasteiger partial charge in [-0.1, -0.05) is 223 Å². The van der Waals surface area contributed by atoms with Crippen LogP contribution in [0.5, 0.6) is 0 Å². The molecule has 15 rings (SSSR count). The van der Waals surface area contributed by atoms with Gasteiger partial charge in [-0.2, -0.15) is 0 Å². The van der Waals surface area contributed by atoms with Crippen LogP contribution in [0.3, 0.4) is 0 Å². The molecule has 8 saturated heterocycles. The van der Waals surface area contributed by atoms with Crippen molar-refractivity contribution in [1.82, 2.24) is 0 Å². The molecule has 0 N–H and O–H groups in total. The molecular formula is C108H202O32. The summed E-state index contributed by atoms with van der Waals surface area (Å²) in [6.45, 7) is 36.3. The summed E-state index contributed by atoms with van der Waals surface area (Å²) in [5, 5.41) is 0. The van der Waals surface area contributed by atoms with Gasteiger partial charge in [0.05, 0.1) is 116 Å². The monoisotopic (exact) mass is 2010 g/mol. The number of cyclic esters (lactones) is 6. The van der Waals surface area contributed by atoms with Gasteiger partial charge in [-0.25, -0.2) is 9.59 Å². The summed E-state index contributed by atoms with van der Waals surface area (Å²) >= 11 is 0. The van der Waals surface area contributed by atoms with Gasteiger partial charge in [0.2, 0.25) is 12.2 Å². The molecule has 0 aromatic heterocycles. The Kier molecular flexibility index (Phi) is 72.4. The van der Waals surface area contributed by atoms with E-state index in [1.807, 2.05) is 90.0 Å². The second kappa shape index (κ2) is 67.9. The van der Waals surface area contributed by atoms with E-state index in [0.29, 0.717) is 100 Å². The molecule has 140 heavy (non-hydrogen) atoms. The summed E-state index contributed by atoms with van der Waals surface area (Å²) in [5.41, 5.74) is -1.20. The molecule has 0 radical (unpaired) electrons. The first-order valence-electron chi connectivity index (χ1n) is 45.7. The SMILES string of the molecule is C.C.C.C.C.C.C.C.C.C.C.C.C.C.C.C.CCC(C)(C)C(=O)OC1CCOC1=O.CCC(C)C(=O)OC1(C)CCOC(=O)C1.CCC(C)C(=O)OC1C2CC3C(=O)OC1C3C2.CCC(C)C(=O)OC1CC2CC1C1C(=O)OCC21.CCC(C)C(=O)OC1CC2CC1C1COC(=O)C21.CCC(C)C(=O)OC1CCC2CC1OC2=O.CCC(C)C(=O)OC1CCOC1=O.CCC(C)C(=O)OC1COC(=O)C1. The van der Waals surface area contributed by atoms with Crippen molar-refractivity contribution in [3.63, 3.8) is 0 Å². The van der Waals surface area contributed by atoms with Crippen LogP contribution in [-0.4, -0.2) is 196 Å². The van der Waals surface area contributed by atoms with E-state index in [1.165, 1.54) is 0 Å². The predicted octanol–water partition coefficient (Wildman–Crippen LogP) is 21.7. The van der Waals surface area contributed by atoms with E-state index in [1.54, 1.807) is 34.6 Å². The molecule has 826 valence electrons. The van der Waals surface area contributed by atoms with Crippen LogP contribution in [0.4, 0.5) is 0 Å². The van der Waals surface area contributed by atoms with Gasteiger partial charge in [0.1, 0.15) is 54.9 Å². The summed E-state index contributed by atoms with van der Waals surface area (Å²) in [6.07, 6.45) is 13.4. The minimum absolute atomic E-state index is 0. The van der Waals surface area contributed by atoms with Gasteiger partial charge >= 0.3 is 95.5 Å². The van der Waals surface area contributed by atoms with Crippen molar-refractivity contribution < 1.29 is 153 Å². The Morgan fingerprint density at radius 2 is 0.779 bits per heavy atom. The first-order chi connectivity index (χ1) is 58.7. The average molecular weight is 2010 g/mol. The van der Waals surface area contributed by atoms with Crippen molar-refractivity contribution in [3.05, 3.63) is 0 Å². The van der Waals surface area contributed by atoms with Crippen molar-refractivity contribution >= 4 is 95.5 Å². The largest absolute Gasteiger partial charge is 0.465 e. The zero-order valence-electron chi connectivity index (χ0n) is 76.0. The Hall–Kier alpha value is -8.48. The molecule has 15 aliphatic rings. The third kappa shape index (κ3) is 38.6. The van der Waals surface area contributed by atoms with Crippen LogP contribution in [0.1, 0.15) is 385 Å². The van der Waals surface area contributed by atoms with Crippen molar-refractivity contribution in [3.8, 4) is 0 Å². The lowest BCUT2D eigenvalue weighted by Crippen LogP contribution is -2.41. The molecule has 32 heteroatoms. The lowest BCUT2D eigenvalue weighted by Gasteiger charge is -2.32. The van der Waals surface area contributed by atoms with Crippen molar-refractivity contribution in [2.75, 3.05) is 39.6 Å². The summed E-state index contributed by atoms with van der Waals surface area (Å²) in [6, 6.07) is 0. The molecule has 0 aromatic rings. The van der Waals surface area contributed by atoms with Crippen LogP contribution in [-0.2, 0) is 153 Å². The van der Waals surface area contributed by atoms with E-state index in [2.05, 4.69) is 9.47 Å². The zero-order chi connectivity index (χ0) is 91.5. The fourth-order valence-electron chi connectivity index (χ4n) is 17.9. The average Bonchev–Trinajstić information content (AvgIpc) is 1.58. The fraction of sp³-hybridized carbons (Fsp3) is 0.852. The quantitative estimate of drug-likeness (QED) is 0.0639. The summed E-state index contributed by atoms with van der Waals surface area (Å²) < 4.78 is 82.3. The van der Waals surface area contributed by atoms with E-state index in [4.69, 9.17) is 66.3 Å². The smallest absolute Gasteiger partial charge is 0.347 e. The highest BCUT2D eigenvalue weighted by Gasteiger charge is 2.65. The minimum atomic E-state index is -0.687. The summed E-state index contributed by atoms with van der Waals surface area (Å²) in [7, 11) is 0. The molecule has 15 fully saturated rings. The van der Waals surface area contributed by atoms with Crippen LogP contribution in [0, 0.1) is 118 Å². The molecule has 0 amide bonds. The maximum atomic E-state index is 11.8. The molecule has 8 aliphatic heterocycles. The van der Waals surface area contributed by atoms with Crippen molar-refractivity contribution in [2.45, 2.75) is 445 Å². The minimum Gasteiger partial charge on any atom is -0.465 e. The molecule has 7 aliphatic carbocycles. The lowest BCUT2D eigenvalue weighted by atomic mass is 9.80. The summed E-state index contributed by atoms with van der Waals surface area (Å²) in [4.78, 5) is 183. The number of esters is 16. The molecule has 8 bridgehead atoms. The Labute approximate surface area is 846 Å². The third-order valence-electron chi connectivity index (χ3n) is 28.1. The van der Waals surface area contributed by atoms with Crippen LogP contribution in [0.2, 0.25) is 0 Å². The predicted molar refractivity (Wildman–Crippen MR) is 544 cm³/mol. The van der Waals surface area contributed by atoms with E-state index in [9.17, 15) is 76.7 Å². The lowest BCUT2D eigenvalue weighted by molar-refractivity contribution is -0.178. The molecule has 0 aromatic carbocycles. The van der Waals surface area contributed by atoms with Crippen LogP contribution in [0.15, 0.2) is 0 Å². The highest BCUT2D eigenvalue weighted by molar-refractivity contribution is 5.84. The molecule has 8 heterocycles. The second-order valence-electron chi connectivity index (χ2n) is 37.2. The standard InChI is InChI=1S/2C14H20O4.C13H18O4.C12H18O4.C11H18O4.C10H16O4.2C9H14O4.16CH4/c1-3-7(2)13(15)18-11-5-8-4-9(11)10-6-17-14(16)12(8)10;1-3-7(2)13(15)18-11-5-8-4-9(11)12-10(8)6-17-14(12)16;1-3-6(2)12(14)16-10-7-4-8-9(5-7)13(15)17-11(8)10;1-3-7(2)11(13)15-9-5-4-8-6-10(9)16-12(8)14;1-4-8(2)10(13)15-11(3)5-6-14-9(12)7-11;1-4-10(2,3)9(12)14-7-5-6-13-8(7)11;1-3-6(2)9(11)13-7-4-8(10)12-5-7;1-3-6(2)8(10)13-7-4-5-12-9(7)11;;;;;;;;;;;;;;;;/h2*7-12H,3-6H2,1-2H3;6-11H,3-5H2,1-2H3;7-10H,3-6H2,1-2H3;8H,4-7H2,1-3H3;7H,4-6H2,1-3H3;2*6-7H,3-5H2,1-2H3;16*1H4. The highest BCUT2D eigenvalue weighted by Crippen LogP contribution is 2.58. The van der Waals surface area contributed by atoms with Gasteiger partial charge in [-0.05, 0) is 135 Å². The third-order valence-corrected chi connectivity index (χ3v) is 28.1. The first kappa shape index (κ1) is 149. The maximum Gasteiger partial charge on any atom is 0.347 e. The number of carbonyl (C=O) groups is 16. The normalized spacial score (nSPS) is 29.8. The van der Waals surface area contributed by atoms with Gasteiger partial charge in [0, 0.05) is 61.2 Å². The van der Waals surface area contributed by atoms with E-state index < -0.39 is 35.2 Å². The van der Waals surface area contributed by atoms with Gasteiger partial charge < -0.3 is 75.8 Å². The topological polar surface area (TPSA) is 421 Å². The van der Waals surface area contributed by atoms with E-state index in [0.717, 1.165) is 103 Å². The molecule has 32 nitrogen and oxygen atoms in total. The number of rotatable bonds is 24. The molecule has 0 spiro atoms. The van der Waals surface area contributed by atoms with Crippen LogP contribution in [0.25, 0.3) is 0 Å². The Balaban J connectivity index is -0.000000197. The van der Waals surface area contributed by atoms with Gasteiger partial charge in [-0.3, -0.25) is 67.1 Å². The Morgan fingerprint density at radius 3 is 1.24 bits per heavy atom. The van der Waals surface area contributed by atoms with Crippen LogP contribution >= 0.6 is 0 Å². The van der Waals surface area contributed by atoms with Gasteiger partial charge in [0.15, 0.2) is 0 Å². The summed E-state index contributed by atoms with van der Waals surface area (Å²) in [5.74, 6) is -0.921. The number of hydrogen-bond donors (Lipinski definition) is 0. The highest BCUT2D eigenvalue weighted by atomic mass is 16.6. The van der Waals surface area contributed by atoms with E-state index in [-0.39, 0.29) is 336 Å². The number of carbonyl (C=O) groups excluding carboxylic acids is 16. The fourth-order valence-corrected chi connectivity index (χ4v) is 17.9. The molecule has 7 saturated carbocycles. The molecular weight excluding hydrogens is 1810 g/mol. The molecule has 29 unspecified atom stereocenters. The first-order valence-corrected chi connectivity index (χ1v) is 45.7. The van der Waals surface area contributed by atoms with Gasteiger partial charge in [0.25, 0.3) is 0 Å². The van der Waals surface area contributed by atoms with Crippen LogP contribution < -0.4 is 0 Å². The maximum absolute atomic E-state index is 11.8. The Morgan fingerprint density at radius 1 is 0.357 bits per heavy atom. The number of fused-ring (bicyclic) bond motifs is 13. The van der Waals surface area contributed by atoms with E-state index >= 15 is 0 Å².